The number of likely N-dealkylation sites (N-methyl/N-ethyl adjacent to an activating group) is 1. The third-order valence-corrected chi connectivity index (χ3v) is 7.36. The first kappa shape index (κ1) is 21.5. The number of nitrogens with zero attached hydrogens (tertiary/aromatic N) is 4. The van der Waals surface area contributed by atoms with E-state index >= 15 is 0 Å². The van der Waals surface area contributed by atoms with Gasteiger partial charge < -0.3 is 14.2 Å². The number of hydrogen-bond acceptors (Lipinski definition) is 4. The lowest BCUT2D eigenvalue weighted by Crippen LogP contribution is -2.55. The van der Waals surface area contributed by atoms with Crippen LogP contribution in [0, 0.1) is 0 Å². The predicted octanol–water partition coefficient (Wildman–Crippen LogP) is 3.62. The van der Waals surface area contributed by atoms with Crippen molar-refractivity contribution in [3.8, 4) is 5.75 Å². The van der Waals surface area contributed by atoms with Crippen LogP contribution in [0.25, 0.3) is 10.9 Å². The zero-order chi connectivity index (χ0) is 23.2. The predicted molar refractivity (Wildman–Crippen MR) is 127 cm³/mol. The van der Waals surface area contributed by atoms with Crippen molar-refractivity contribution in [1.29, 1.82) is 0 Å². The largest absolute Gasteiger partial charge is 0.497 e. The van der Waals surface area contributed by atoms with E-state index in [0.29, 0.717) is 12.8 Å². The SMILES string of the molecule is COc1ccc(CN2C(=O)N(C)C3(CCN(Cc4cn(C)c5ccccc45)CC3)C2=O)cc1. The van der Waals surface area contributed by atoms with Gasteiger partial charge in [0.1, 0.15) is 11.3 Å². The second-order valence-electron chi connectivity index (χ2n) is 9.17. The zero-order valence-electron chi connectivity index (χ0n) is 19.5. The van der Waals surface area contributed by atoms with Gasteiger partial charge in [-0.05, 0) is 42.2 Å². The van der Waals surface area contributed by atoms with Crippen molar-refractivity contribution in [1.82, 2.24) is 19.3 Å². The molecule has 7 nitrogen and oxygen atoms in total. The highest BCUT2D eigenvalue weighted by Gasteiger charge is 2.56. The zero-order valence-corrected chi connectivity index (χ0v) is 19.5. The number of aromatic nitrogens is 1. The maximum atomic E-state index is 13.5. The van der Waals surface area contributed by atoms with Gasteiger partial charge in [0.15, 0.2) is 0 Å². The summed E-state index contributed by atoms with van der Waals surface area (Å²) >= 11 is 0. The molecular formula is C26H30N4O3. The lowest BCUT2D eigenvalue weighted by atomic mass is 9.86. The third kappa shape index (κ3) is 3.56. The molecule has 2 saturated heterocycles. The molecule has 7 heteroatoms. The van der Waals surface area contributed by atoms with Crippen LogP contribution in [0.4, 0.5) is 4.79 Å². The summed E-state index contributed by atoms with van der Waals surface area (Å²) in [6.07, 6.45) is 3.50. The molecule has 0 saturated carbocycles. The van der Waals surface area contributed by atoms with Crippen LogP contribution in [0.3, 0.4) is 0 Å². The van der Waals surface area contributed by atoms with Gasteiger partial charge in [0.05, 0.1) is 13.7 Å². The molecule has 0 radical (unpaired) electrons. The van der Waals surface area contributed by atoms with Crippen molar-refractivity contribution < 1.29 is 14.3 Å². The summed E-state index contributed by atoms with van der Waals surface area (Å²) in [5.41, 5.74) is 2.70. The third-order valence-electron chi connectivity index (χ3n) is 7.36. The number of fused-ring (bicyclic) bond motifs is 1. The van der Waals surface area contributed by atoms with Gasteiger partial charge in [-0.25, -0.2) is 4.79 Å². The van der Waals surface area contributed by atoms with E-state index in [1.165, 1.54) is 21.4 Å². The first-order valence-corrected chi connectivity index (χ1v) is 11.4. The fourth-order valence-corrected chi connectivity index (χ4v) is 5.32. The van der Waals surface area contributed by atoms with E-state index in [1.807, 2.05) is 24.3 Å². The second kappa shape index (κ2) is 8.23. The summed E-state index contributed by atoms with van der Waals surface area (Å²) in [5, 5.41) is 1.27. The number of likely N-dealkylation sites (tertiary alicyclic amines) is 1. The molecule has 3 aromatic rings. The number of ether oxygens (including phenoxy) is 1. The summed E-state index contributed by atoms with van der Waals surface area (Å²) in [6.45, 7) is 2.69. The highest BCUT2D eigenvalue weighted by molar-refractivity contribution is 6.07. The molecule has 0 N–H and O–H groups in total. The van der Waals surface area contributed by atoms with Crippen LogP contribution >= 0.6 is 0 Å². The Balaban J connectivity index is 1.29. The van der Waals surface area contributed by atoms with Crippen molar-refractivity contribution in [2.24, 2.45) is 7.05 Å². The molecule has 2 aromatic carbocycles. The van der Waals surface area contributed by atoms with E-state index in [4.69, 9.17) is 4.74 Å². The molecule has 3 amide bonds. The van der Waals surface area contributed by atoms with E-state index in [1.54, 1.807) is 19.1 Å². The number of piperidine rings is 1. The first-order chi connectivity index (χ1) is 15.9. The lowest BCUT2D eigenvalue weighted by Gasteiger charge is -2.40. The van der Waals surface area contributed by atoms with Gasteiger partial charge in [0, 0.05) is 50.8 Å². The minimum Gasteiger partial charge on any atom is -0.497 e. The topological polar surface area (TPSA) is 58.0 Å². The smallest absolute Gasteiger partial charge is 0.327 e. The molecule has 0 unspecified atom stereocenters. The summed E-state index contributed by atoms with van der Waals surface area (Å²) < 4.78 is 7.37. The Morgan fingerprint density at radius 1 is 0.939 bits per heavy atom. The van der Waals surface area contributed by atoms with E-state index < -0.39 is 5.54 Å². The Morgan fingerprint density at radius 3 is 2.33 bits per heavy atom. The number of carbonyl (C=O) groups is 2. The van der Waals surface area contributed by atoms with Gasteiger partial charge in [-0.1, -0.05) is 30.3 Å². The molecule has 0 aliphatic carbocycles. The van der Waals surface area contributed by atoms with Crippen LogP contribution in [0.5, 0.6) is 5.75 Å². The second-order valence-corrected chi connectivity index (χ2v) is 9.17. The number of aryl methyl sites for hydroxylation is 1. The normalized spacial score (nSPS) is 18.6. The van der Waals surface area contributed by atoms with Gasteiger partial charge >= 0.3 is 6.03 Å². The van der Waals surface area contributed by atoms with E-state index in [2.05, 4.69) is 47.0 Å². The summed E-state index contributed by atoms with van der Waals surface area (Å²) in [4.78, 5) is 32.0. The summed E-state index contributed by atoms with van der Waals surface area (Å²) in [7, 11) is 5.47. The molecule has 5 rings (SSSR count). The lowest BCUT2D eigenvalue weighted by molar-refractivity contribution is -0.135. The van der Waals surface area contributed by atoms with Crippen molar-refractivity contribution in [3.05, 3.63) is 65.9 Å². The maximum Gasteiger partial charge on any atom is 0.327 e. The highest BCUT2D eigenvalue weighted by atomic mass is 16.5. The quantitative estimate of drug-likeness (QED) is 0.562. The number of amides is 3. The Labute approximate surface area is 194 Å². The molecule has 0 bridgehead atoms. The van der Waals surface area contributed by atoms with Crippen LogP contribution < -0.4 is 4.74 Å². The Bertz CT molecular complexity index is 1190. The van der Waals surface area contributed by atoms with Gasteiger partial charge in [0.2, 0.25) is 0 Å². The molecule has 2 aliphatic rings. The number of para-hydroxylation sites is 1. The molecular weight excluding hydrogens is 416 g/mol. The fraction of sp³-hybridized carbons (Fsp3) is 0.385. The monoisotopic (exact) mass is 446 g/mol. The number of carbonyl (C=O) groups excluding carboxylic acids is 2. The van der Waals surface area contributed by atoms with Crippen molar-refractivity contribution >= 4 is 22.8 Å². The van der Waals surface area contributed by atoms with Crippen LogP contribution in [0.1, 0.15) is 24.0 Å². The Kier molecular flexibility index (Phi) is 5.37. The van der Waals surface area contributed by atoms with Crippen LogP contribution in [-0.2, 0) is 24.9 Å². The molecule has 33 heavy (non-hydrogen) atoms. The number of benzene rings is 2. The van der Waals surface area contributed by atoms with Crippen molar-refractivity contribution in [2.45, 2.75) is 31.5 Å². The standard InChI is InChI=1S/C26H30N4O3/c1-27-17-20(22-6-4-5-7-23(22)27)18-29-14-12-26(13-15-29)24(31)30(25(32)28(26)2)16-19-8-10-21(33-3)11-9-19/h4-11,17H,12-16,18H2,1-3H3. The van der Waals surface area contributed by atoms with E-state index in [0.717, 1.165) is 30.9 Å². The van der Waals surface area contributed by atoms with Crippen molar-refractivity contribution in [2.75, 3.05) is 27.2 Å². The van der Waals surface area contributed by atoms with Crippen LogP contribution in [0.15, 0.2) is 54.7 Å². The van der Waals surface area contributed by atoms with E-state index in [9.17, 15) is 9.59 Å². The van der Waals surface area contributed by atoms with Gasteiger partial charge in [-0.3, -0.25) is 14.6 Å². The molecule has 172 valence electrons. The maximum absolute atomic E-state index is 13.5. The molecule has 2 aliphatic heterocycles. The van der Waals surface area contributed by atoms with Crippen LogP contribution in [-0.4, -0.2) is 64.0 Å². The number of methoxy groups -OCH3 is 1. The Morgan fingerprint density at radius 2 is 1.64 bits per heavy atom. The minimum absolute atomic E-state index is 0.0735. The molecule has 3 heterocycles. The number of hydrogen-bond donors (Lipinski definition) is 0. The van der Waals surface area contributed by atoms with Gasteiger partial charge in [0.25, 0.3) is 5.91 Å². The average molecular weight is 447 g/mol. The fourth-order valence-electron chi connectivity index (χ4n) is 5.32. The highest BCUT2D eigenvalue weighted by Crippen LogP contribution is 2.37. The number of imide groups is 1. The number of urea groups is 1. The molecule has 0 atom stereocenters. The van der Waals surface area contributed by atoms with Crippen LogP contribution in [0.2, 0.25) is 0 Å². The minimum atomic E-state index is -0.737. The molecule has 2 fully saturated rings. The first-order valence-electron chi connectivity index (χ1n) is 11.4. The van der Waals surface area contributed by atoms with Gasteiger partial charge in [-0.2, -0.15) is 0 Å². The Hall–Kier alpha value is -3.32. The summed E-state index contributed by atoms with van der Waals surface area (Å²) in [5.74, 6) is 0.681. The summed E-state index contributed by atoms with van der Waals surface area (Å²) in [6, 6.07) is 15.7. The van der Waals surface area contributed by atoms with E-state index in [-0.39, 0.29) is 18.5 Å². The molecule has 1 spiro atoms. The van der Waals surface area contributed by atoms with Crippen molar-refractivity contribution in [3.63, 3.8) is 0 Å². The van der Waals surface area contributed by atoms with Gasteiger partial charge in [-0.15, -0.1) is 0 Å². The average Bonchev–Trinajstić information content (AvgIpc) is 3.24. The molecule has 1 aromatic heterocycles. The number of rotatable bonds is 5.